The minimum absolute atomic E-state index is 0.315. The molecule has 1 saturated carbocycles. The summed E-state index contributed by atoms with van der Waals surface area (Å²) >= 11 is 0. The Hall–Kier alpha value is -0.530. The molecule has 0 aromatic heterocycles. The van der Waals surface area contributed by atoms with Crippen molar-refractivity contribution in [3.8, 4) is 0 Å². The topological polar surface area (TPSA) is 29.1 Å². The van der Waals surface area contributed by atoms with Crippen LogP contribution in [0.4, 0.5) is 0 Å². The molecule has 2 nitrogen and oxygen atoms in total. The Morgan fingerprint density at radius 2 is 1.75 bits per heavy atom. The fraction of sp³-hybridized carbons (Fsp3) is 0.929. The van der Waals surface area contributed by atoms with E-state index in [2.05, 4.69) is 12.2 Å². The number of rotatable bonds is 7. The normalized spacial score (nSPS) is 17.3. The third-order valence-electron chi connectivity index (χ3n) is 3.56. The summed E-state index contributed by atoms with van der Waals surface area (Å²) in [4.78, 5) is 11.8. The second-order valence-corrected chi connectivity index (χ2v) is 5.04. The van der Waals surface area contributed by atoms with Crippen molar-refractivity contribution in [2.24, 2.45) is 5.92 Å². The van der Waals surface area contributed by atoms with Gasteiger partial charge in [-0.15, -0.1) is 0 Å². The molecular weight excluding hydrogens is 198 g/mol. The van der Waals surface area contributed by atoms with Crippen LogP contribution in [0.2, 0.25) is 0 Å². The highest BCUT2D eigenvalue weighted by atomic mass is 16.1. The number of carbonyl (C=O) groups excluding carboxylic acids is 1. The van der Waals surface area contributed by atoms with E-state index < -0.39 is 0 Å². The molecule has 1 N–H and O–H groups in total. The molecule has 0 heterocycles. The van der Waals surface area contributed by atoms with Gasteiger partial charge in [-0.25, -0.2) is 0 Å². The van der Waals surface area contributed by atoms with Crippen molar-refractivity contribution < 1.29 is 4.79 Å². The van der Waals surface area contributed by atoms with Gasteiger partial charge < -0.3 is 5.32 Å². The van der Waals surface area contributed by atoms with Gasteiger partial charge in [-0.2, -0.15) is 0 Å². The third kappa shape index (κ3) is 5.53. The molecular formula is C14H27NO. The number of unbranched alkanes of at least 4 members (excludes halogenated alkanes) is 4. The van der Waals surface area contributed by atoms with Gasteiger partial charge in [0, 0.05) is 12.5 Å². The Kier molecular flexibility index (Phi) is 7.28. The molecule has 1 amide bonds. The molecule has 1 fully saturated rings. The number of hydrogen-bond donors (Lipinski definition) is 1. The van der Waals surface area contributed by atoms with Crippen molar-refractivity contribution in [2.45, 2.75) is 71.1 Å². The van der Waals surface area contributed by atoms with E-state index in [1.165, 1.54) is 44.9 Å². The molecule has 16 heavy (non-hydrogen) atoms. The molecule has 0 aromatic carbocycles. The van der Waals surface area contributed by atoms with Crippen molar-refractivity contribution >= 4 is 5.91 Å². The Labute approximate surface area is 100 Å². The lowest BCUT2D eigenvalue weighted by atomic mass is 9.89. The van der Waals surface area contributed by atoms with E-state index in [4.69, 9.17) is 0 Å². The smallest absolute Gasteiger partial charge is 0.223 e. The average Bonchev–Trinajstić information content (AvgIpc) is 2.34. The molecule has 0 spiro atoms. The van der Waals surface area contributed by atoms with Crippen molar-refractivity contribution in [1.82, 2.24) is 5.32 Å². The molecule has 0 aromatic rings. The first-order valence-corrected chi connectivity index (χ1v) is 7.12. The van der Waals surface area contributed by atoms with Gasteiger partial charge in [0.1, 0.15) is 0 Å². The molecule has 0 aliphatic heterocycles. The first-order chi connectivity index (χ1) is 7.84. The highest BCUT2D eigenvalue weighted by Crippen LogP contribution is 2.23. The highest BCUT2D eigenvalue weighted by Gasteiger charge is 2.20. The molecule has 1 aliphatic carbocycles. The van der Waals surface area contributed by atoms with Crippen LogP contribution in [0, 0.1) is 5.92 Å². The lowest BCUT2D eigenvalue weighted by molar-refractivity contribution is -0.125. The molecule has 0 saturated heterocycles. The average molecular weight is 225 g/mol. The molecule has 2 heteroatoms. The third-order valence-corrected chi connectivity index (χ3v) is 3.56. The van der Waals surface area contributed by atoms with Crippen LogP contribution in [0.25, 0.3) is 0 Å². The number of nitrogens with one attached hydrogen (secondary N) is 1. The van der Waals surface area contributed by atoms with Crippen LogP contribution < -0.4 is 5.32 Å². The number of amides is 1. The molecule has 0 atom stereocenters. The molecule has 1 aliphatic rings. The van der Waals surface area contributed by atoms with Gasteiger partial charge in [0.2, 0.25) is 5.91 Å². The summed E-state index contributed by atoms with van der Waals surface area (Å²) < 4.78 is 0. The summed E-state index contributed by atoms with van der Waals surface area (Å²) in [6.45, 7) is 3.11. The largest absolute Gasteiger partial charge is 0.356 e. The predicted octanol–water partition coefficient (Wildman–Crippen LogP) is 3.65. The van der Waals surface area contributed by atoms with Crippen molar-refractivity contribution in [2.75, 3.05) is 6.54 Å². The SMILES string of the molecule is CCCCCCCNC(=O)C1CCCCC1. The lowest BCUT2D eigenvalue weighted by Gasteiger charge is -2.20. The Balaban J connectivity index is 1.97. The van der Waals surface area contributed by atoms with Crippen LogP contribution >= 0.6 is 0 Å². The van der Waals surface area contributed by atoms with Crippen molar-refractivity contribution in [1.29, 1.82) is 0 Å². The monoisotopic (exact) mass is 225 g/mol. The summed E-state index contributed by atoms with van der Waals surface area (Å²) in [5, 5.41) is 3.09. The van der Waals surface area contributed by atoms with Crippen LogP contribution in [0.1, 0.15) is 71.1 Å². The van der Waals surface area contributed by atoms with E-state index in [1.807, 2.05) is 0 Å². The minimum Gasteiger partial charge on any atom is -0.356 e. The van der Waals surface area contributed by atoms with Crippen molar-refractivity contribution in [3.05, 3.63) is 0 Å². The summed E-state index contributed by atoms with van der Waals surface area (Å²) in [6, 6.07) is 0. The summed E-state index contributed by atoms with van der Waals surface area (Å²) in [6.07, 6.45) is 12.4. The van der Waals surface area contributed by atoms with E-state index in [0.29, 0.717) is 11.8 Å². The Morgan fingerprint density at radius 3 is 2.44 bits per heavy atom. The predicted molar refractivity (Wildman–Crippen MR) is 68.3 cm³/mol. The number of carbonyl (C=O) groups is 1. The van der Waals surface area contributed by atoms with Gasteiger partial charge in [0.05, 0.1) is 0 Å². The molecule has 0 radical (unpaired) electrons. The van der Waals surface area contributed by atoms with Crippen LogP contribution in [-0.4, -0.2) is 12.5 Å². The summed E-state index contributed by atoms with van der Waals surface area (Å²) in [7, 11) is 0. The Bertz CT molecular complexity index is 185. The summed E-state index contributed by atoms with van der Waals surface area (Å²) in [5.74, 6) is 0.639. The fourth-order valence-corrected chi connectivity index (χ4v) is 2.45. The lowest BCUT2D eigenvalue weighted by Crippen LogP contribution is -2.32. The number of hydrogen-bond acceptors (Lipinski definition) is 1. The fourth-order valence-electron chi connectivity index (χ4n) is 2.45. The second kappa shape index (κ2) is 8.60. The van der Waals surface area contributed by atoms with E-state index in [1.54, 1.807) is 0 Å². The van der Waals surface area contributed by atoms with Gasteiger partial charge in [-0.3, -0.25) is 4.79 Å². The first kappa shape index (κ1) is 13.5. The van der Waals surface area contributed by atoms with Gasteiger partial charge in [-0.1, -0.05) is 51.9 Å². The Morgan fingerprint density at radius 1 is 1.06 bits per heavy atom. The zero-order valence-corrected chi connectivity index (χ0v) is 10.8. The second-order valence-electron chi connectivity index (χ2n) is 5.04. The van der Waals surface area contributed by atoms with E-state index in [0.717, 1.165) is 25.8 Å². The maximum absolute atomic E-state index is 11.8. The molecule has 0 unspecified atom stereocenters. The molecule has 0 bridgehead atoms. The van der Waals surface area contributed by atoms with Crippen LogP contribution in [-0.2, 0) is 4.79 Å². The van der Waals surface area contributed by atoms with E-state index in [-0.39, 0.29) is 0 Å². The maximum Gasteiger partial charge on any atom is 0.223 e. The van der Waals surface area contributed by atoms with Crippen LogP contribution in [0.5, 0.6) is 0 Å². The molecule has 94 valence electrons. The quantitative estimate of drug-likeness (QED) is 0.658. The zero-order chi connectivity index (χ0) is 11.6. The standard InChI is InChI=1S/C14H27NO/c1-2-3-4-5-9-12-15-14(16)13-10-7-6-8-11-13/h13H,2-12H2,1H3,(H,15,16). The van der Waals surface area contributed by atoms with Gasteiger partial charge in [-0.05, 0) is 19.3 Å². The van der Waals surface area contributed by atoms with E-state index in [9.17, 15) is 4.79 Å². The first-order valence-electron chi connectivity index (χ1n) is 7.12. The highest BCUT2D eigenvalue weighted by molar-refractivity contribution is 5.78. The van der Waals surface area contributed by atoms with Gasteiger partial charge in [0.25, 0.3) is 0 Å². The molecule has 1 rings (SSSR count). The summed E-state index contributed by atoms with van der Waals surface area (Å²) in [5.41, 5.74) is 0. The van der Waals surface area contributed by atoms with Gasteiger partial charge in [0.15, 0.2) is 0 Å². The van der Waals surface area contributed by atoms with Crippen molar-refractivity contribution in [3.63, 3.8) is 0 Å². The zero-order valence-electron chi connectivity index (χ0n) is 10.8. The van der Waals surface area contributed by atoms with Gasteiger partial charge >= 0.3 is 0 Å². The van der Waals surface area contributed by atoms with E-state index >= 15 is 0 Å². The van der Waals surface area contributed by atoms with Crippen LogP contribution in [0.3, 0.4) is 0 Å². The maximum atomic E-state index is 11.8. The van der Waals surface area contributed by atoms with Crippen LogP contribution in [0.15, 0.2) is 0 Å². The minimum atomic E-state index is 0.315.